The number of Topliss-reactive ketones (excluding diaryl/α,β-unsaturated/α-hetero) is 1. The fourth-order valence-electron chi connectivity index (χ4n) is 1.16. The van der Waals surface area contributed by atoms with Crippen LogP contribution < -0.4 is 5.32 Å². The number of aliphatic carboxylic acids is 1. The number of nitrogens with one attached hydrogen (secondary N) is 1. The van der Waals surface area contributed by atoms with Gasteiger partial charge in [0.25, 0.3) is 0 Å². The van der Waals surface area contributed by atoms with Crippen molar-refractivity contribution in [2.45, 2.75) is 46.2 Å². The van der Waals surface area contributed by atoms with Crippen molar-refractivity contribution < 1.29 is 14.7 Å². The minimum absolute atomic E-state index is 0.0476. The van der Waals surface area contributed by atoms with Gasteiger partial charge in [-0.1, -0.05) is 20.8 Å². The molecule has 0 aromatic rings. The van der Waals surface area contributed by atoms with E-state index in [2.05, 4.69) is 5.32 Å². The summed E-state index contributed by atoms with van der Waals surface area (Å²) < 4.78 is 0. The van der Waals surface area contributed by atoms with Crippen molar-refractivity contribution in [3.05, 3.63) is 0 Å². The van der Waals surface area contributed by atoms with E-state index in [0.29, 0.717) is 0 Å². The molecule has 0 bridgehead atoms. The Bertz CT molecular complexity index is 213. The number of hydrogen-bond acceptors (Lipinski definition) is 3. The largest absolute Gasteiger partial charge is 0.481 e. The molecule has 4 nitrogen and oxygen atoms in total. The van der Waals surface area contributed by atoms with Gasteiger partial charge in [-0.05, 0) is 6.92 Å². The van der Waals surface area contributed by atoms with Gasteiger partial charge in [0.15, 0.2) is 0 Å². The van der Waals surface area contributed by atoms with Gasteiger partial charge < -0.3 is 10.4 Å². The topological polar surface area (TPSA) is 66.4 Å². The zero-order valence-corrected chi connectivity index (χ0v) is 9.20. The second kappa shape index (κ2) is 5.75. The summed E-state index contributed by atoms with van der Waals surface area (Å²) in [6.07, 6.45) is 0.0935. The molecule has 0 aromatic heterocycles. The maximum atomic E-state index is 11.5. The average molecular weight is 201 g/mol. The van der Waals surface area contributed by atoms with E-state index in [1.54, 1.807) is 13.8 Å². The summed E-state index contributed by atoms with van der Waals surface area (Å²) in [7, 11) is 0. The van der Waals surface area contributed by atoms with Gasteiger partial charge in [0.2, 0.25) is 0 Å². The van der Waals surface area contributed by atoms with Gasteiger partial charge in [0.1, 0.15) is 5.78 Å². The first-order chi connectivity index (χ1) is 6.34. The van der Waals surface area contributed by atoms with Crippen molar-refractivity contribution in [2.75, 3.05) is 0 Å². The van der Waals surface area contributed by atoms with E-state index in [9.17, 15) is 9.59 Å². The van der Waals surface area contributed by atoms with E-state index >= 15 is 0 Å². The second-order valence-electron chi connectivity index (χ2n) is 3.95. The van der Waals surface area contributed by atoms with Gasteiger partial charge in [-0.3, -0.25) is 9.59 Å². The summed E-state index contributed by atoms with van der Waals surface area (Å²) in [5, 5.41) is 11.7. The third-order valence-corrected chi connectivity index (χ3v) is 2.00. The van der Waals surface area contributed by atoms with Crippen LogP contribution in [-0.2, 0) is 9.59 Å². The molecule has 0 radical (unpaired) electrons. The molecular formula is C10H19NO3. The minimum Gasteiger partial charge on any atom is -0.481 e. The molecule has 0 unspecified atom stereocenters. The number of ketones is 1. The quantitative estimate of drug-likeness (QED) is 0.674. The molecule has 0 fully saturated rings. The summed E-state index contributed by atoms with van der Waals surface area (Å²) in [6, 6.07) is -0.0362. The molecule has 0 aliphatic carbocycles. The van der Waals surface area contributed by atoms with E-state index in [1.807, 2.05) is 13.8 Å². The molecule has 14 heavy (non-hydrogen) atoms. The normalized spacial score (nSPS) is 15.2. The van der Waals surface area contributed by atoms with Crippen molar-refractivity contribution >= 4 is 11.8 Å². The van der Waals surface area contributed by atoms with Crippen molar-refractivity contribution in [2.24, 2.45) is 5.92 Å². The molecule has 0 aliphatic rings. The highest BCUT2D eigenvalue weighted by atomic mass is 16.4. The van der Waals surface area contributed by atoms with E-state index in [4.69, 9.17) is 5.11 Å². The van der Waals surface area contributed by atoms with Crippen LogP contribution in [0.5, 0.6) is 0 Å². The maximum absolute atomic E-state index is 11.5. The van der Waals surface area contributed by atoms with E-state index < -0.39 is 11.9 Å². The van der Waals surface area contributed by atoms with Crippen LogP contribution in [0.2, 0.25) is 0 Å². The smallest absolute Gasteiger partial charge is 0.306 e. The molecule has 82 valence electrons. The summed E-state index contributed by atoms with van der Waals surface area (Å²) in [6.45, 7) is 7.20. The van der Waals surface area contributed by atoms with Gasteiger partial charge >= 0.3 is 5.97 Å². The first-order valence-corrected chi connectivity index (χ1v) is 4.86. The molecule has 0 aromatic carbocycles. The first-order valence-electron chi connectivity index (χ1n) is 4.86. The molecule has 0 saturated heterocycles. The van der Waals surface area contributed by atoms with Crippen molar-refractivity contribution in [3.8, 4) is 0 Å². The molecule has 2 atom stereocenters. The lowest BCUT2D eigenvalue weighted by atomic mass is 10.0. The predicted octanol–water partition coefficient (Wildman–Crippen LogP) is 1.05. The SMILES string of the molecule is CC(C)N[C@@H](C)C(=O)C[C@@H](C)C(=O)O. The Hall–Kier alpha value is -0.900. The van der Waals surface area contributed by atoms with Crippen molar-refractivity contribution in [1.82, 2.24) is 5.32 Å². The average Bonchev–Trinajstić information content (AvgIpc) is 2.02. The van der Waals surface area contributed by atoms with Gasteiger partial charge in [-0.15, -0.1) is 0 Å². The minimum atomic E-state index is -0.921. The van der Waals surface area contributed by atoms with Crippen molar-refractivity contribution in [3.63, 3.8) is 0 Å². The number of rotatable bonds is 6. The molecule has 0 aliphatic heterocycles. The zero-order chi connectivity index (χ0) is 11.3. The van der Waals surface area contributed by atoms with Crippen LogP contribution >= 0.6 is 0 Å². The first kappa shape index (κ1) is 13.1. The van der Waals surface area contributed by atoms with Crippen LogP contribution in [0.25, 0.3) is 0 Å². The van der Waals surface area contributed by atoms with Gasteiger partial charge in [-0.2, -0.15) is 0 Å². The summed E-state index contributed by atoms with van der Waals surface area (Å²) in [5.41, 5.74) is 0. The fourth-order valence-corrected chi connectivity index (χ4v) is 1.16. The monoisotopic (exact) mass is 201 g/mol. The lowest BCUT2D eigenvalue weighted by molar-refractivity contribution is -0.143. The summed E-state index contributed by atoms with van der Waals surface area (Å²) in [4.78, 5) is 22.0. The van der Waals surface area contributed by atoms with E-state index in [1.165, 1.54) is 0 Å². The number of carbonyl (C=O) groups is 2. The van der Waals surface area contributed by atoms with Gasteiger partial charge in [0.05, 0.1) is 12.0 Å². The Labute approximate surface area is 84.7 Å². The standard InChI is InChI=1S/C10H19NO3/c1-6(2)11-8(4)9(12)5-7(3)10(13)14/h6-8,11H,5H2,1-4H3,(H,13,14)/t7-,8+/m1/s1. The maximum Gasteiger partial charge on any atom is 0.306 e. The molecule has 0 amide bonds. The molecule has 2 N–H and O–H groups in total. The summed E-state index contributed by atoms with van der Waals surface area (Å²) in [5.74, 6) is -1.57. The van der Waals surface area contributed by atoms with Crippen LogP contribution in [0, 0.1) is 5.92 Å². The Kier molecular flexibility index (Phi) is 5.38. The molecule has 4 heteroatoms. The highest BCUT2D eigenvalue weighted by Crippen LogP contribution is 2.05. The van der Waals surface area contributed by atoms with Crippen LogP contribution in [-0.4, -0.2) is 28.9 Å². The van der Waals surface area contributed by atoms with Crippen LogP contribution in [0.1, 0.15) is 34.1 Å². The molecular weight excluding hydrogens is 182 g/mol. The van der Waals surface area contributed by atoms with Crippen molar-refractivity contribution in [1.29, 1.82) is 0 Å². The molecule has 0 rings (SSSR count). The third kappa shape index (κ3) is 4.97. The number of carboxylic acid groups (broad SMARTS) is 1. The van der Waals surface area contributed by atoms with E-state index in [-0.39, 0.29) is 24.3 Å². The zero-order valence-electron chi connectivity index (χ0n) is 9.20. The molecule has 0 heterocycles. The molecule has 0 spiro atoms. The predicted molar refractivity (Wildman–Crippen MR) is 54.2 cm³/mol. The Balaban J connectivity index is 4.01. The second-order valence-corrected chi connectivity index (χ2v) is 3.95. The number of carboxylic acids is 1. The van der Waals surface area contributed by atoms with E-state index in [0.717, 1.165) is 0 Å². The summed E-state index contributed by atoms with van der Waals surface area (Å²) >= 11 is 0. The number of carbonyl (C=O) groups excluding carboxylic acids is 1. The Morgan fingerprint density at radius 2 is 1.71 bits per heavy atom. The highest BCUT2D eigenvalue weighted by Gasteiger charge is 2.20. The lowest BCUT2D eigenvalue weighted by Gasteiger charge is -2.16. The van der Waals surface area contributed by atoms with Gasteiger partial charge in [0, 0.05) is 12.5 Å². The fraction of sp³-hybridized carbons (Fsp3) is 0.800. The van der Waals surface area contributed by atoms with Crippen LogP contribution in [0.4, 0.5) is 0 Å². The van der Waals surface area contributed by atoms with Crippen LogP contribution in [0.3, 0.4) is 0 Å². The lowest BCUT2D eigenvalue weighted by Crippen LogP contribution is -2.39. The number of hydrogen-bond donors (Lipinski definition) is 2. The van der Waals surface area contributed by atoms with Gasteiger partial charge in [-0.25, -0.2) is 0 Å². The molecule has 0 saturated carbocycles. The third-order valence-electron chi connectivity index (χ3n) is 2.00. The Morgan fingerprint density at radius 3 is 2.07 bits per heavy atom. The van der Waals surface area contributed by atoms with Crippen LogP contribution in [0.15, 0.2) is 0 Å². The Morgan fingerprint density at radius 1 is 1.21 bits per heavy atom. The highest BCUT2D eigenvalue weighted by molar-refractivity contribution is 5.87.